The minimum absolute atomic E-state index is 0.00118. The number of amides is 1. The molecule has 0 unspecified atom stereocenters. The van der Waals surface area contributed by atoms with Crippen molar-refractivity contribution in [3.05, 3.63) is 51.6 Å². The maximum absolute atomic E-state index is 12.0. The van der Waals surface area contributed by atoms with Crippen LogP contribution in [0.5, 0.6) is 0 Å². The first kappa shape index (κ1) is 15.0. The zero-order valence-corrected chi connectivity index (χ0v) is 12.7. The number of aromatic nitrogens is 2. The summed E-state index contributed by atoms with van der Waals surface area (Å²) in [7, 11) is 0. The smallest absolute Gasteiger partial charge is 0.346 e. The number of H-pyrrole nitrogens is 1. The molecule has 21 heavy (non-hydrogen) atoms. The fourth-order valence-electron chi connectivity index (χ4n) is 2.16. The van der Waals surface area contributed by atoms with Crippen molar-refractivity contribution in [1.29, 1.82) is 0 Å². The van der Waals surface area contributed by atoms with Crippen molar-refractivity contribution in [2.75, 3.05) is 0 Å². The van der Waals surface area contributed by atoms with Crippen LogP contribution in [-0.2, 0) is 0 Å². The molecule has 110 valence electrons. The highest BCUT2D eigenvalue weighted by atomic mass is 16.2. The largest absolute Gasteiger partial charge is 0.349 e. The van der Waals surface area contributed by atoms with E-state index in [-0.39, 0.29) is 17.6 Å². The van der Waals surface area contributed by atoms with Crippen LogP contribution in [0.2, 0.25) is 0 Å². The Hall–Kier alpha value is -2.43. The van der Waals surface area contributed by atoms with Gasteiger partial charge in [-0.25, -0.2) is 4.79 Å². The van der Waals surface area contributed by atoms with Gasteiger partial charge in [0.1, 0.15) is 5.69 Å². The second-order valence-corrected chi connectivity index (χ2v) is 5.43. The molecule has 2 rings (SSSR count). The number of aromatic amines is 1. The average molecular weight is 285 g/mol. The van der Waals surface area contributed by atoms with Gasteiger partial charge < -0.3 is 10.3 Å². The summed E-state index contributed by atoms with van der Waals surface area (Å²) in [6, 6.07) is 7.50. The summed E-state index contributed by atoms with van der Waals surface area (Å²) in [4.78, 5) is 30.2. The summed E-state index contributed by atoms with van der Waals surface area (Å²) in [5.74, 6) is -0.310. The Morgan fingerprint density at radius 3 is 2.57 bits per heavy atom. The van der Waals surface area contributed by atoms with Crippen LogP contribution in [0.3, 0.4) is 0 Å². The van der Waals surface area contributed by atoms with Gasteiger partial charge >= 0.3 is 5.69 Å². The number of hydrogen-bond acceptors (Lipinski definition) is 3. The molecule has 0 atom stereocenters. The van der Waals surface area contributed by atoms with Crippen molar-refractivity contribution in [1.82, 2.24) is 15.3 Å². The first-order valence-electron chi connectivity index (χ1n) is 6.86. The van der Waals surface area contributed by atoms with Crippen LogP contribution in [0.15, 0.2) is 29.1 Å². The zero-order valence-electron chi connectivity index (χ0n) is 12.7. The minimum atomic E-state index is -0.526. The minimum Gasteiger partial charge on any atom is -0.349 e. The van der Waals surface area contributed by atoms with Gasteiger partial charge in [0.2, 0.25) is 0 Å². The highest BCUT2D eigenvalue weighted by Crippen LogP contribution is 2.21. The van der Waals surface area contributed by atoms with Crippen LogP contribution in [0, 0.1) is 13.8 Å². The van der Waals surface area contributed by atoms with Crippen LogP contribution < -0.4 is 11.0 Å². The summed E-state index contributed by atoms with van der Waals surface area (Å²) in [5, 5.41) is 2.75. The molecule has 0 saturated heterocycles. The van der Waals surface area contributed by atoms with Gasteiger partial charge in [0.05, 0.1) is 5.69 Å². The van der Waals surface area contributed by atoms with Gasteiger partial charge in [-0.15, -0.1) is 0 Å². The second-order valence-electron chi connectivity index (χ2n) is 5.43. The Balaban J connectivity index is 2.48. The molecule has 0 radical (unpaired) electrons. The van der Waals surface area contributed by atoms with Gasteiger partial charge in [-0.05, 0) is 39.3 Å². The summed E-state index contributed by atoms with van der Waals surface area (Å²) in [6.07, 6.45) is 0. The topological polar surface area (TPSA) is 74.8 Å². The normalized spacial score (nSPS) is 10.7. The molecule has 1 aromatic carbocycles. The standard InChI is InChI=1S/C16H19N3O2/c1-9(2)17-15(20)14-8-13(18-16(21)19-14)12-6-5-10(3)7-11(12)4/h5-9H,1-4H3,(H,17,20)(H,18,19,21). The van der Waals surface area contributed by atoms with Crippen molar-refractivity contribution in [3.63, 3.8) is 0 Å². The maximum Gasteiger partial charge on any atom is 0.346 e. The SMILES string of the molecule is Cc1ccc(-c2cc(C(=O)NC(C)C)[nH]c(=O)n2)c(C)c1. The molecule has 0 bridgehead atoms. The van der Waals surface area contributed by atoms with E-state index in [1.807, 2.05) is 45.9 Å². The number of rotatable bonds is 3. The van der Waals surface area contributed by atoms with E-state index in [4.69, 9.17) is 0 Å². The third kappa shape index (κ3) is 3.56. The van der Waals surface area contributed by atoms with Gasteiger partial charge in [0.25, 0.3) is 5.91 Å². The molecule has 1 aromatic heterocycles. The van der Waals surface area contributed by atoms with Crippen molar-refractivity contribution in [2.24, 2.45) is 0 Å². The van der Waals surface area contributed by atoms with E-state index in [0.717, 1.165) is 16.7 Å². The Kier molecular flexibility index (Phi) is 4.21. The zero-order chi connectivity index (χ0) is 15.6. The molecule has 0 aliphatic rings. The molecular formula is C16H19N3O2. The van der Waals surface area contributed by atoms with Crippen molar-refractivity contribution < 1.29 is 4.79 Å². The number of hydrogen-bond donors (Lipinski definition) is 2. The monoisotopic (exact) mass is 285 g/mol. The number of carbonyl (C=O) groups excluding carboxylic acids is 1. The van der Waals surface area contributed by atoms with Gasteiger partial charge in [0.15, 0.2) is 0 Å². The molecule has 5 heteroatoms. The Labute approximate surface area is 123 Å². The molecular weight excluding hydrogens is 266 g/mol. The van der Waals surface area contributed by atoms with Crippen LogP contribution in [0.25, 0.3) is 11.3 Å². The van der Waals surface area contributed by atoms with E-state index in [1.54, 1.807) is 6.07 Å². The van der Waals surface area contributed by atoms with Crippen molar-refractivity contribution in [3.8, 4) is 11.3 Å². The van der Waals surface area contributed by atoms with E-state index < -0.39 is 5.69 Å². The first-order valence-corrected chi connectivity index (χ1v) is 6.86. The van der Waals surface area contributed by atoms with E-state index >= 15 is 0 Å². The van der Waals surface area contributed by atoms with E-state index in [9.17, 15) is 9.59 Å². The fraction of sp³-hybridized carbons (Fsp3) is 0.312. The number of aryl methyl sites for hydroxylation is 2. The van der Waals surface area contributed by atoms with Crippen molar-refractivity contribution in [2.45, 2.75) is 33.7 Å². The molecule has 2 N–H and O–H groups in total. The molecule has 0 fully saturated rings. The van der Waals surface area contributed by atoms with Gasteiger partial charge in [-0.3, -0.25) is 4.79 Å². The van der Waals surface area contributed by atoms with Crippen molar-refractivity contribution >= 4 is 5.91 Å². The molecule has 0 saturated carbocycles. The van der Waals surface area contributed by atoms with E-state index in [0.29, 0.717) is 5.69 Å². The van der Waals surface area contributed by atoms with E-state index in [2.05, 4.69) is 15.3 Å². The number of benzene rings is 1. The predicted octanol–water partition coefficient (Wildman–Crippen LogP) is 2.19. The van der Waals surface area contributed by atoms with Crippen LogP contribution in [0.1, 0.15) is 35.5 Å². The van der Waals surface area contributed by atoms with Gasteiger partial charge in [-0.1, -0.05) is 23.8 Å². The number of nitrogens with zero attached hydrogens (tertiary/aromatic N) is 1. The van der Waals surface area contributed by atoms with Crippen LogP contribution in [0.4, 0.5) is 0 Å². The second kappa shape index (κ2) is 5.91. The lowest BCUT2D eigenvalue weighted by atomic mass is 10.0. The highest BCUT2D eigenvalue weighted by molar-refractivity contribution is 5.93. The molecule has 5 nitrogen and oxygen atoms in total. The molecule has 0 aliphatic heterocycles. The van der Waals surface area contributed by atoms with E-state index in [1.165, 1.54) is 0 Å². The molecule has 1 amide bonds. The Morgan fingerprint density at radius 2 is 1.95 bits per heavy atom. The summed E-state index contributed by atoms with van der Waals surface area (Å²) in [5.41, 5.74) is 3.21. The average Bonchev–Trinajstić information content (AvgIpc) is 2.37. The summed E-state index contributed by atoms with van der Waals surface area (Å²) in [6.45, 7) is 7.69. The van der Waals surface area contributed by atoms with Crippen LogP contribution >= 0.6 is 0 Å². The molecule has 2 aromatic rings. The quantitative estimate of drug-likeness (QED) is 0.907. The highest BCUT2D eigenvalue weighted by Gasteiger charge is 2.12. The maximum atomic E-state index is 12.0. The number of carbonyl (C=O) groups is 1. The van der Waals surface area contributed by atoms with Crippen LogP contribution in [-0.4, -0.2) is 21.9 Å². The molecule has 0 aliphatic carbocycles. The number of nitrogens with one attached hydrogen (secondary N) is 2. The summed E-state index contributed by atoms with van der Waals surface area (Å²) >= 11 is 0. The lowest BCUT2D eigenvalue weighted by Crippen LogP contribution is -2.32. The summed E-state index contributed by atoms with van der Waals surface area (Å²) < 4.78 is 0. The third-order valence-corrected chi connectivity index (χ3v) is 3.07. The first-order chi connectivity index (χ1) is 9.86. The Bertz CT molecular complexity index is 733. The third-order valence-electron chi connectivity index (χ3n) is 3.07. The van der Waals surface area contributed by atoms with Gasteiger partial charge in [0, 0.05) is 11.6 Å². The lowest BCUT2D eigenvalue weighted by Gasteiger charge is -2.10. The predicted molar refractivity (Wildman–Crippen MR) is 82.4 cm³/mol. The van der Waals surface area contributed by atoms with Gasteiger partial charge in [-0.2, -0.15) is 4.98 Å². The lowest BCUT2D eigenvalue weighted by molar-refractivity contribution is 0.0937. The fourth-order valence-corrected chi connectivity index (χ4v) is 2.16. The molecule has 1 heterocycles. The Morgan fingerprint density at radius 1 is 1.24 bits per heavy atom. The molecule has 0 spiro atoms.